The Labute approximate surface area is 201 Å². The molecule has 0 amide bonds. The third kappa shape index (κ3) is 4.92. The van der Waals surface area contributed by atoms with Gasteiger partial charge in [0.2, 0.25) is 0 Å². The van der Waals surface area contributed by atoms with Crippen molar-refractivity contribution in [3.05, 3.63) is 71.7 Å². The van der Waals surface area contributed by atoms with Crippen molar-refractivity contribution < 1.29 is 0 Å². The van der Waals surface area contributed by atoms with Crippen LogP contribution in [0.2, 0.25) is 5.02 Å². The summed E-state index contributed by atoms with van der Waals surface area (Å²) in [6.45, 7) is 8.64. The van der Waals surface area contributed by atoms with Crippen molar-refractivity contribution in [3.63, 3.8) is 0 Å². The van der Waals surface area contributed by atoms with Crippen LogP contribution in [0.15, 0.2) is 55.2 Å². The maximum absolute atomic E-state index is 6.19. The minimum atomic E-state index is -0.238. The molecule has 0 saturated heterocycles. The summed E-state index contributed by atoms with van der Waals surface area (Å²) in [4.78, 5) is 12.2. The van der Waals surface area contributed by atoms with E-state index in [1.165, 1.54) is 12.0 Å². The molecule has 0 spiro atoms. The van der Waals surface area contributed by atoms with Crippen LogP contribution in [0.1, 0.15) is 50.4 Å². The van der Waals surface area contributed by atoms with E-state index in [0.717, 1.165) is 72.8 Å². The van der Waals surface area contributed by atoms with Gasteiger partial charge in [-0.3, -0.25) is 0 Å². The van der Waals surface area contributed by atoms with E-state index >= 15 is 0 Å². The Morgan fingerprint density at radius 2 is 1.88 bits per heavy atom. The molecule has 174 valence electrons. The van der Waals surface area contributed by atoms with E-state index in [0.29, 0.717) is 5.82 Å². The molecule has 1 heterocycles. The number of nitrogen functional groups attached to an aromatic ring is 1. The van der Waals surface area contributed by atoms with Gasteiger partial charge in [0.15, 0.2) is 5.82 Å². The highest BCUT2D eigenvalue weighted by Crippen LogP contribution is 2.44. The van der Waals surface area contributed by atoms with Crippen LogP contribution in [0.5, 0.6) is 0 Å². The third-order valence-corrected chi connectivity index (χ3v) is 7.01. The number of nitrogens with one attached hydrogen (secondary N) is 2. The number of anilines is 2. The van der Waals surface area contributed by atoms with Gasteiger partial charge in [-0.25, -0.2) is 15.8 Å². The number of hydrogen-bond acceptors (Lipinski definition) is 6. The number of halogens is 1. The van der Waals surface area contributed by atoms with Gasteiger partial charge in [0.1, 0.15) is 5.82 Å². The zero-order chi connectivity index (χ0) is 23.3. The second-order valence-electron chi connectivity index (χ2n) is 8.66. The van der Waals surface area contributed by atoms with Crippen LogP contribution in [0, 0.1) is 0 Å². The third-order valence-electron chi connectivity index (χ3n) is 6.76. The van der Waals surface area contributed by atoms with E-state index in [1.807, 2.05) is 30.5 Å². The Hall–Kier alpha value is -2.83. The minimum absolute atomic E-state index is 0.238. The Kier molecular flexibility index (Phi) is 7.36. The first-order valence-electron chi connectivity index (χ1n) is 11.7. The quantitative estimate of drug-likeness (QED) is 0.278. The number of rotatable bonds is 9. The van der Waals surface area contributed by atoms with Crippen molar-refractivity contribution in [3.8, 4) is 0 Å². The lowest BCUT2D eigenvalue weighted by Crippen LogP contribution is -2.33. The highest BCUT2D eigenvalue weighted by molar-refractivity contribution is 6.30. The SMILES string of the molecule is C=CN(CC)CCNc1ccc2c(NN)nc(C3(c4ccc(Cl)cc4)CCCCC3)nc2c1. The van der Waals surface area contributed by atoms with Crippen molar-refractivity contribution in [2.75, 3.05) is 30.4 Å². The summed E-state index contributed by atoms with van der Waals surface area (Å²) in [5.74, 6) is 7.39. The largest absolute Gasteiger partial charge is 0.383 e. The van der Waals surface area contributed by atoms with Gasteiger partial charge in [0, 0.05) is 35.7 Å². The molecular weight excluding hydrogens is 432 g/mol. The minimum Gasteiger partial charge on any atom is -0.383 e. The fourth-order valence-electron chi connectivity index (χ4n) is 4.85. The molecule has 4 N–H and O–H groups in total. The van der Waals surface area contributed by atoms with Gasteiger partial charge < -0.3 is 15.6 Å². The summed E-state index contributed by atoms with van der Waals surface area (Å²) in [7, 11) is 0. The molecule has 0 bridgehead atoms. The number of benzene rings is 2. The van der Waals surface area contributed by atoms with Crippen LogP contribution in [-0.4, -0.2) is 34.5 Å². The van der Waals surface area contributed by atoms with Crippen molar-refractivity contribution >= 4 is 34.0 Å². The number of hydrazine groups is 1. The summed E-state index contributed by atoms with van der Waals surface area (Å²) >= 11 is 6.19. The van der Waals surface area contributed by atoms with E-state index in [9.17, 15) is 0 Å². The molecule has 3 aromatic rings. The van der Waals surface area contributed by atoms with E-state index in [2.05, 4.69) is 47.3 Å². The summed E-state index contributed by atoms with van der Waals surface area (Å²) in [5, 5.41) is 5.15. The number of nitrogens with zero attached hydrogens (tertiary/aromatic N) is 3. The Bertz CT molecular complexity index is 1090. The first kappa shape index (κ1) is 23.3. The zero-order valence-electron chi connectivity index (χ0n) is 19.3. The second kappa shape index (κ2) is 10.4. The highest BCUT2D eigenvalue weighted by atomic mass is 35.5. The van der Waals surface area contributed by atoms with Gasteiger partial charge in [-0.2, -0.15) is 0 Å². The lowest BCUT2D eigenvalue weighted by molar-refractivity contribution is 0.331. The van der Waals surface area contributed by atoms with Crippen LogP contribution in [0.25, 0.3) is 10.9 Å². The molecule has 0 atom stereocenters. The normalized spacial score (nSPS) is 15.2. The molecule has 1 aliphatic rings. The van der Waals surface area contributed by atoms with Crippen molar-refractivity contribution in [2.24, 2.45) is 5.84 Å². The maximum atomic E-state index is 6.19. The molecular formula is C26H33ClN6. The first-order valence-corrected chi connectivity index (χ1v) is 12.1. The number of aromatic nitrogens is 2. The van der Waals surface area contributed by atoms with E-state index in [-0.39, 0.29) is 5.41 Å². The lowest BCUT2D eigenvalue weighted by Gasteiger charge is -2.37. The van der Waals surface area contributed by atoms with Crippen molar-refractivity contribution in [1.29, 1.82) is 0 Å². The molecule has 7 heteroatoms. The topological polar surface area (TPSA) is 79.1 Å². The standard InChI is InChI=1S/C26H33ClN6/c1-3-33(4-2)17-16-29-21-12-13-22-23(18-21)30-25(31-24(22)32-28)26(14-6-5-7-15-26)19-8-10-20(27)11-9-19/h3,8-13,18,29H,1,4-7,14-17,28H2,2H3,(H,30,31,32). The van der Waals surface area contributed by atoms with E-state index in [1.54, 1.807) is 0 Å². The fourth-order valence-corrected chi connectivity index (χ4v) is 4.98. The van der Waals surface area contributed by atoms with E-state index < -0.39 is 0 Å². The van der Waals surface area contributed by atoms with Crippen molar-refractivity contribution in [2.45, 2.75) is 44.4 Å². The monoisotopic (exact) mass is 464 g/mol. The summed E-state index contributed by atoms with van der Waals surface area (Å²) < 4.78 is 0. The van der Waals surface area contributed by atoms with Gasteiger partial charge in [0.05, 0.1) is 10.9 Å². The average molecular weight is 465 g/mol. The Balaban J connectivity index is 1.73. The molecule has 2 aromatic carbocycles. The van der Waals surface area contributed by atoms with Crippen LogP contribution in [0.3, 0.4) is 0 Å². The molecule has 1 aromatic heterocycles. The first-order chi connectivity index (χ1) is 16.1. The predicted octanol–water partition coefficient (Wildman–Crippen LogP) is 5.70. The van der Waals surface area contributed by atoms with Gasteiger partial charge in [-0.15, -0.1) is 0 Å². The Morgan fingerprint density at radius 3 is 2.55 bits per heavy atom. The predicted molar refractivity (Wildman–Crippen MR) is 139 cm³/mol. The van der Waals surface area contributed by atoms with E-state index in [4.69, 9.17) is 27.4 Å². The highest BCUT2D eigenvalue weighted by Gasteiger charge is 2.39. The smallest absolute Gasteiger partial charge is 0.151 e. The van der Waals surface area contributed by atoms with Gasteiger partial charge >= 0.3 is 0 Å². The molecule has 4 rings (SSSR count). The number of fused-ring (bicyclic) bond motifs is 1. The zero-order valence-corrected chi connectivity index (χ0v) is 20.0. The summed E-state index contributed by atoms with van der Waals surface area (Å²) in [6, 6.07) is 14.3. The average Bonchev–Trinajstić information content (AvgIpc) is 2.86. The van der Waals surface area contributed by atoms with Crippen molar-refractivity contribution in [1.82, 2.24) is 14.9 Å². The summed E-state index contributed by atoms with van der Waals surface area (Å²) in [6.07, 6.45) is 7.43. The van der Waals surface area contributed by atoms with Crippen LogP contribution >= 0.6 is 11.6 Å². The van der Waals surface area contributed by atoms with Gasteiger partial charge in [-0.05, 0) is 61.9 Å². The number of hydrogen-bond donors (Lipinski definition) is 3. The maximum Gasteiger partial charge on any atom is 0.151 e. The molecule has 6 nitrogen and oxygen atoms in total. The van der Waals surface area contributed by atoms with Gasteiger partial charge in [0.25, 0.3) is 0 Å². The molecule has 1 aliphatic carbocycles. The molecule has 0 aliphatic heterocycles. The molecule has 0 unspecified atom stereocenters. The molecule has 1 saturated carbocycles. The van der Waals surface area contributed by atoms with Crippen LogP contribution < -0.4 is 16.6 Å². The lowest BCUT2D eigenvalue weighted by atomic mass is 9.68. The molecule has 0 radical (unpaired) electrons. The fraction of sp³-hybridized carbons (Fsp3) is 0.385. The molecule has 1 fully saturated rings. The molecule has 33 heavy (non-hydrogen) atoms. The van der Waals surface area contributed by atoms with Crippen LogP contribution in [0.4, 0.5) is 11.5 Å². The number of likely N-dealkylation sites (N-methyl/N-ethyl adjacent to an activating group) is 1. The van der Waals surface area contributed by atoms with Gasteiger partial charge in [-0.1, -0.05) is 49.6 Å². The second-order valence-corrected chi connectivity index (χ2v) is 9.10. The number of nitrogens with two attached hydrogens (primary N) is 1. The summed E-state index contributed by atoms with van der Waals surface area (Å²) in [5.41, 5.74) is 5.70. The van der Waals surface area contributed by atoms with Crippen LogP contribution in [-0.2, 0) is 5.41 Å². The Morgan fingerprint density at radius 1 is 1.12 bits per heavy atom.